The lowest BCUT2D eigenvalue weighted by Gasteiger charge is -2.26. The molecule has 5 rings (SSSR count). The largest absolute Gasteiger partial charge is 0.452 e. The van der Waals surface area contributed by atoms with Crippen molar-refractivity contribution >= 4 is 28.5 Å². The second kappa shape index (κ2) is 11.0. The number of carbonyl (C=O) groups excluding carboxylic acids is 2. The SMILES string of the molecule is O=C(COC(=O)c1c2c(nc3ccccc13)CCCCC2)Nc1ccc(CN2CCOCC2)cc1. The van der Waals surface area contributed by atoms with Gasteiger partial charge in [-0.25, -0.2) is 4.79 Å². The molecular formula is C28H31N3O4. The van der Waals surface area contributed by atoms with Gasteiger partial charge in [0.2, 0.25) is 0 Å². The Labute approximate surface area is 205 Å². The molecule has 0 bridgehead atoms. The monoisotopic (exact) mass is 473 g/mol. The van der Waals surface area contributed by atoms with E-state index in [1.54, 1.807) is 0 Å². The fraction of sp³-hybridized carbons (Fsp3) is 0.393. The third-order valence-corrected chi connectivity index (χ3v) is 6.71. The molecule has 3 aromatic rings. The molecule has 7 nitrogen and oxygen atoms in total. The normalized spacial score (nSPS) is 16.3. The maximum Gasteiger partial charge on any atom is 0.339 e. The molecule has 182 valence electrons. The van der Waals surface area contributed by atoms with Crippen LogP contribution in [-0.4, -0.2) is 54.7 Å². The predicted octanol–water partition coefficient (Wildman–Crippen LogP) is 4.13. The number of carbonyl (C=O) groups is 2. The number of hydrogen-bond acceptors (Lipinski definition) is 6. The number of amides is 1. The number of nitrogens with one attached hydrogen (secondary N) is 1. The van der Waals surface area contributed by atoms with Gasteiger partial charge < -0.3 is 14.8 Å². The molecule has 2 aromatic carbocycles. The Morgan fingerprint density at radius 3 is 2.57 bits per heavy atom. The summed E-state index contributed by atoms with van der Waals surface area (Å²) in [6.45, 7) is 3.93. The number of benzene rings is 2. The minimum Gasteiger partial charge on any atom is -0.452 e. The lowest BCUT2D eigenvalue weighted by molar-refractivity contribution is -0.119. The first-order valence-electron chi connectivity index (χ1n) is 12.4. The highest BCUT2D eigenvalue weighted by molar-refractivity contribution is 6.06. The Morgan fingerprint density at radius 1 is 0.971 bits per heavy atom. The molecule has 1 aliphatic carbocycles. The number of rotatable bonds is 6. The van der Waals surface area contributed by atoms with Crippen molar-refractivity contribution in [3.05, 3.63) is 70.9 Å². The minimum atomic E-state index is -0.460. The van der Waals surface area contributed by atoms with Gasteiger partial charge in [0, 0.05) is 36.4 Å². The highest BCUT2D eigenvalue weighted by Crippen LogP contribution is 2.29. The summed E-state index contributed by atoms with van der Waals surface area (Å²) in [5.41, 5.74) is 5.17. The number of aromatic nitrogens is 1. The Bertz CT molecular complexity index is 1200. The average molecular weight is 474 g/mol. The van der Waals surface area contributed by atoms with E-state index < -0.39 is 5.97 Å². The van der Waals surface area contributed by atoms with Gasteiger partial charge in [-0.2, -0.15) is 0 Å². The number of esters is 1. The van der Waals surface area contributed by atoms with Crippen LogP contribution in [0.5, 0.6) is 0 Å². The number of para-hydroxylation sites is 1. The van der Waals surface area contributed by atoms with E-state index in [-0.39, 0.29) is 12.5 Å². The summed E-state index contributed by atoms with van der Waals surface area (Å²) in [4.78, 5) is 32.9. The Morgan fingerprint density at radius 2 is 1.74 bits per heavy atom. The zero-order chi connectivity index (χ0) is 24.0. The number of anilines is 1. The first-order valence-corrected chi connectivity index (χ1v) is 12.4. The van der Waals surface area contributed by atoms with Gasteiger partial charge in [-0.05, 0) is 55.0 Å². The molecule has 2 aliphatic rings. The van der Waals surface area contributed by atoms with Crippen LogP contribution in [0.15, 0.2) is 48.5 Å². The van der Waals surface area contributed by atoms with Crippen molar-refractivity contribution in [2.45, 2.75) is 38.6 Å². The van der Waals surface area contributed by atoms with Gasteiger partial charge in [0.1, 0.15) is 0 Å². The van der Waals surface area contributed by atoms with Crippen LogP contribution in [0.3, 0.4) is 0 Å². The van der Waals surface area contributed by atoms with Crippen molar-refractivity contribution in [3.8, 4) is 0 Å². The zero-order valence-electron chi connectivity index (χ0n) is 19.9. The molecule has 0 atom stereocenters. The number of hydrogen-bond donors (Lipinski definition) is 1. The lowest BCUT2D eigenvalue weighted by Crippen LogP contribution is -2.35. The van der Waals surface area contributed by atoms with Gasteiger partial charge in [-0.3, -0.25) is 14.7 Å². The number of ether oxygens (including phenoxy) is 2. The van der Waals surface area contributed by atoms with Gasteiger partial charge in [-0.1, -0.05) is 36.8 Å². The van der Waals surface area contributed by atoms with Gasteiger partial charge in [0.25, 0.3) is 5.91 Å². The summed E-state index contributed by atoms with van der Waals surface area (Å²) in [6.07, 6.45) is 4.88. The van der Waals surface area contributed by atoms with Crippen LogP contribution < -0.4 is 5.32 Å². The zero-order valence-corrected chi connectivity index (χ0v) is 19.9. The molecule has 7 heteroatoms. The van der Waals surface area contributed by atoms with E-state index in [9.17, 15) is 9.59 Å². The molecule has 0 radical (unpaired) electrons. The summed E-state index contributed by atoms with van der Waals surface area (Å²) in [5, 5.41) is 3.61. The maximum atomic E-state index is 13.2. The van der Waals surface area contributed by atoms with Gasteiger partial charge in [0.15, 0.2) is 6.61 Å². The summed E-state index contributed by atoms with van der Waals surface area (Å²) in [5.74, 6) is -0.818. The van der Waals surface area contributed by atoms with Gasteiger partial charge in [0.05, 0.1) is 24.3 Å². The summed E-state index contributed by atoms with van der Waals surface area (Å²) >= 11 is 0. The fourth-order valence-corrected chi connectivity index (χ4v) is 4.89. The van der Waals surface area contributed by atoms with E-state index in [1.165, 1.54) is 5.56 Å². The van der Waals surface area contributed by atoms with E-state index in [0.29, 0.717) is 11.3 Å². The number of nitrogens with zero attached hydrogens (tertiary/aromatic N) is 2. The molecule has 0 spiro atoms. The van der Waals surface area contributed by atoms with Crippen molar-refractivity contribution in [3.63, 3.8) is 0 Å². The summed E-state index contributed by atoms with van der Waals surface area (Å²) in [7, 11) is 0. The molecule has 35 heavy (non-hydrogen) atoms. The van der Waals surface area contributed by atoms with Crippen LogP contribution in [-0.2, 0) is 33.7 Å². The molecule has 1 fully saturated rings. The topological polar surface area (TPSA) is 80.8 Å². The first-order chi connectivity index (χ1) is 17.2. The molecule has 1 N–H and O–H groups in total. The molecule has 1 saturated heterocycles. The van der Waals surface area contributed by atoms with E-state index in [4.69, 9.17) is 14.5 Å². The van der Waals surface area contributed by atoms with E-state index >= 15 is 0 Å². The third kappa shape index (κ3) is 5.69. The standard InChI is InChI=1S/C28H31N3O4/c32-26(29-21-12-10-20(11-13-21)18-31-14-16-34-17-15-31)19-35-28(33)27-22-6-2-1-3-8-24(22)30-25-9-5-4-7-23(25)27/h4-5,7,9-13H,1-3,6,8,14-19H2,(H,29,32). The average Bonchev–Trinajstić information content (AvgIpc) is 3.13. The molecular weight excluding hydrogens is 442 g/mol. The maximum absolute atomic E-state index is 13.2. The highest BCUT2D eigenvalue weighted by atomic mass is 16.5. The molecule has 2 heterocycles. The van der Waals surface area contributed by atoms with Crippen molar-refractivity contribution in [2.24, 2.45) is 0 Å². The highest BCUT2D eigenvalue weighted by Gasteiger charge is 2.23. The first kappa shape index (κ1) is 23.5. The van der Waals surface area contributed by atoms with Gasteiger partial charge in [-0.15, -0.1) is 0 Å². The molecule has 0 saturated carbocycles. The van der Waals surface area contributed by atoms with Crippen LogP contribution in [0.2, 0.25) is 0 Å². The van der Waals surface area contributed by atoms with Crippen LogP contribution in [0.25, 0.3) is 10.9 Å². The van der Waals surface area contributed by atoms with Crippen LogP contribution in [0, 0.1) is 0 Å². The Kier molecular flexibility index (Phi) is 7.35. The smallest absolute Gasteiger partial charge is 0.339 e. The number of aryl methyl sites for hydroxylation is 1. The third-order valence-electron chi connectivity index (χ3n) is 6.71. The number of pyridine rings is 1. The van der Waals surface area contributed by atoms with Crippen LogP contribution in [0.1, 0.15) is 46.4 Å². The Hall–Kier alpha value is -3.29. The van der Waals surface area contributed by atoms with Crippen molar-refractivity contribution in [2.75, 3.05) is 38.2 Å². The second-order valence-corrected chi connectivity index (χ2v) is 9.20. The van der Waals surface area contributed by atoms with Crippen molar-refractivity contribution < 1.29 is 19.1 Å². The molecule has 1 amide bonds. The van der Waals surface area contributed by atoms with E-state index in [2.05, 4.69) is 10.2 Å². The predicted molar refractivity (Wildman–Crippen MR) is 134 cm³/mol. The second-order valence-electron chi connectivity index (χ2n) is 9.20. The van der Waals surface area contributed by atoms with E-state index in [0.717, 1.165) is 87.1 Å². The van der Waals surface area contributed by atoms with Crippen LogP contribution >= 0.6 is 0 Å². The molecule has 0 unspecified atom stereocenters. The summed E-state index contributed by atoms with van der Waals surface area (Å²) in [6, 6.07) is 15.4. The lowest BCUT2D eigenvalue weighted by atomic mass is 9.97. The number of fused-ring (bicyclic) bond motifs is 2. The fourth-order valence-electron chi connectivity index (χ4n) is 4.89. The van der Waals surface area contributed by atoms with Gasteiger partial charge >= 0.3 is 5.97 Å². The Balaban J connectivity index is 1.23. The molecule has 1 aliphatic heterocycles. The van der Waals surface area contributed by atoms with Crippen molar-refractivity contribution in [1.29, 1.82) is 0 Å². The summed E-state index contributed by atoms with van der Waals surface area (Å²) < 4.78 is 10.9. The van der Waals surface area contributed by atoms with Crippen LogP contribution in [0.4, 0.5) is 5.69 Å². The van der Waals surface area contributed by atoms with Crippen molar-refractivity contribution in [1.82, 2.24) is 9.88 Å². The minimum absolute atomic E-state index is 0.334. The molecule has 1 aromatic heterocycles. The number of morpholine rings is 1. The quantitative estimate of drug-likeness (QED) is 0.428. The van der Waals surface area contributed by atoms with E-state index in [1.807, 2.05) is 48.5 Å².